The Morgan fingerprint density at radius 3 is 2.57 bits per heavy atom. The monoisotopic (exact) mass is 325 g/mol. The number of nitrogens with zero attached hydrogens (tertiary/aromatic N) is 3. The number of aromatic nitrogens is 2. The second-order valence-electron chi connectivity index (χ2n) is 6.28. The molecular weight excluding hydrogens is 304 g/mol. The molecule has 2 heterocycles. The number of hydrogen-bond acceptors (Lipinski definition) is 4. The van der Waals surface area contributed by atoms with Gasteiger partial charge in [-0.25, -0.2) is 13.8 Å². The molecule has 7 heteroatoms. The highest BCUT2D eigenvalue weighted by atomic mass is 19.2. The highest BCUT2D eigenvalue weighted by molar-refractivity contribution is 5.75. The standard InChI is InChI=1S/C16H21F2N3O2/c1-10-5-20(6-11(2)23-10)7-12(22)8-21-9-19-15-3-13(17)14(18)4-16(15)21/h3-4,9-12,22H,5-8H2,1-2H3. The van der Waals surface area contributed by atoms with E-state index in [-0.39, 0.29) is 18.8 Å². The van der Waals surface area contributed by atoms with Crippen LogP contribution in [0.3, 0.4) is 0 Å². The van der Waals surface area contributed by atoms with Crippen molar-refractivity contribution < 1.29 is 18.6 Å². The van der Waals surface area contributed by atoms with Crippen molar-refractivity contribution in [1.29, 1.82) is 0 Å². The van der Waals surface area contributed by atoms with Crippen LogP contribution in [0.1, 0.15) is 13.8 Å². The van der Waals surface area contributed by atoms with Crippen molar-refractivity contribution in [2.24, 2.45) is 0 Å². The summed E-state index contributed by atoms with van der Waals surface area (Å²) in [5, 5.41) is 10.3. The topological polar surface area (TPSA) is 50.5 Å². The fourth-order valence-corrected chi connectivity index (χ4v) is 3.22. The van der Waals surface area contributed by atoms with Gasteiger partial charge < -0.3 is 14.4 Å². The normalized spacial score (nSPS) is 24.2. The fourth-order valence-electron chi connectivity index (χ4n) is 3.22. The molecule has 3 rings (SSSR count). The second kappa shape index (κ2) is 6.51. The van der Waals surface area contributed by atoms with Gasteiger partial charge in [0.15, 0.2) is 11.6 Å². The molecule has 1 saturated heterocycles. The Morgan fingerprint density at radius 1 is 1.22 bits per heavy atom. The average molecular weight is 325 g/mol. The van der Waals surface area contributed by atoms with E-state index in [1.807, 2.05) is 13.8 Å². The molecule has 1 aromatic heterocycles. The SMILES string of the molecule is CC1CN(CC(O)Cn2cnc3cc(F)c(F)cc32)CC(C)O1. The van der Waals surface area contributed by atoms with Gasteiger partial charge in [-0.05, 0) is 13.8 Å². The van der Waals surface area contributed by atoms with Gasteiger partial charge in [-0.1, -0.05) is 0 Å². The molecule has 1 aliphatic rings. The summed E-state index contributed by atoms with van der Waals surface area (Å²) in [5.41, 5.74) is 0.858. The second-order valence-corrected chi connectivity index (χ2v) is 6.28. The zero-order valence-electron chi connectivity index (χ0n) is 13.2. The predicted molar refractivity (Wildman–Crippen MR) is 82.1 cm³/mol. The zero-order chi connectivity index (χ0) is 16.6. The number of benzene rings is 1. The molecule has 0 amide bonds. The number of hydrogen-bond donors (Lipinski definition) is 1. The third-order valence-electron chi connectivity index (χ3n) is 4.03. The third-order valence-corrected chi connectivity index (χ3v) is 4.03. The maximum Gasteiger partial charge on any atom is 0.161 e. The summed E-state index contributed by atoms with van der Waals surface area (Å²) in [6, 6.07) is 2.18. The fraction of sp³-hybridized carbons (Fsp3) is 0.562. The molecule has 3 atom stereocenters. The van der Waals surface area contributed by atoms with Crippen LogP contribution in [0, 0.1) is 11.6 Å². The quantitative estimate of drug-likeness (QED) is 0.931. The molecule has 0 radical (unpaired) electrons. The Labute approximate surface area is 133 Å². The molecule has 2 aromatic rings. The number of rotatable bonds is 4. The molecule has 23 heavy (non-hydrogen) atoms. The van der Waals surface area contributed by atoms with Gasteiger partial charge in [0.25, 0.3) is 0 Å². The summed E-state index contributed by atoms with van der Waals surface area (Å²) in [6.45, 7) is 6.34. The molecule has 0 bridgehead atoms. The van der Waals surface area contributed by atoms with Crippen LogP contribution in [-0.4, -0.2) is 57.5 Å². The van der Waals surface area contributed by atoms with E-state index in [2.05, 4.69) is 9.88 Å². The number of halogens is 2. The van der Waals surface area contributed by atoms with Crippen LogP contribution in [0.15, 0.2) is 18.5 Å². The Balaban J connectivity index is 1.68. The third kappa shape index (κ3) is 3.68. The maximum atomic E-state index is 13.4. The lowest BCUT2D eigenvalue weighted by molar-refractivity contribution is -0.0772. The number of imidazole rings is 1. The summed E-state index contributed by atoms with van der Waals surface area (Å²) in [6.07, 6.45) is 1.14. The van der Waals surface area contributed by atoms with E-state index < -0.39 is 17.7 Å². The minimum Gasteiger partial charge on any atom is -0.390 e. The number of fused-ring (bicyclic) bond motifs is 1. The van der Waals surface area contributed by atoms with Gasteiger partial charge in [0.2, 0.25) is 0 Å². The Kier molecular flexibility index (Phi) is 4.61. The molecule has 1 aliphatic heterocycles. The van der Waals surface area contributed by atoms with Crippen LogP contribution in [-0.2, 0) is 11.3 Å². The van der Waals surface area contributed by atoms with E-state index in [0.717, 1.165) is 25.2 Å². The van der Waals surface area contributed by atoms with Crippen molar-refractivity contribution in [2.45, 2.75) is 38.7 Å². The Hall–Kier alpha value is -1.57. The molecule has 5 nitrogen and oxygen atoms in total. The molecule has 0 saturated carbocycles. The number of morpholine rings is 1. The minimum absolute atomic E-state index is 0.136. The van der Waals surface area contributed by atoms with Gasteiger partial charge in [-0.2, -0.15) is 0 Å². The van der Waals surface area contributed by atoms with Crippen molar-refractivity contribution >= 4 is 11.0 Å². The summed E-state index contributed by atoms with van der Waals surface area (Å²) < 4.78 is 33.9. The zero-order valence-corrected chi connectivity index (χ0v) is 13.2. The van der Waals surface area contributed by atoms with Crippen LogP contribution in [0.2, 0.25) is 0 Å². The van der Waals surface area contributed by atoms with Crippen LogP contribution in [0.5, 0.6) is 0 Å². The van der Waals surface area contributed by atoms with Crippen LogP contribution in [0.25, 0.3) is 11.0 Å². The van der Waals surface area contributed by atoms with Crippen molar-refractivity contribution in [2.75, 3.05) is 19.6 Å². The number of aliphatic hydroxyl groups is 1. The number of aliphatic hydroxyl groups excluding tert-OH is 1. The van der Waals surface area contributed by atoms with Gasteiger partial charge in [-0.15, -0.1) is 0 Å². The van der Waals surface area contributed by atoms with Gasteiger partial charge in [0.1, 0.15) is 0 Å². The smallest absolute Gasteiger partial charge is 0.161 e. The van der Waals surface area contributed by atoms with E-state index in [1.165, 1.54) is 6.33 Å². The van der Waals surface area contributed by atoms with E-state index >= 15 is 0 Å². The van der Waals surface area contributed by atoms with Gasteiger partial charge in [0.05, 0.1) is 42.2 Å². The first-order chi connectivity index (χ1) is 10.9. The van der Waals surface area contributed by atoms with Crippen LogP contribution in [0.4, 0.5) is 8.78 Å². The Morgan fingerprint density at radius 2 is 1.87 bits per heavy atom. The lowest BCUT2D eigenvalue weighted by Crippen LogP contribution is -2.48. The number of ether oxygens (including phenoxy) is 1. The highest BCUT2D eigenvalue weighted by Gasteiger charge is 2.24. The van der Waals surface area contributed by atoms with Crippen LogP contribution < -0.4 is 0 Å². The largest absolute Gasteiger partial charge is 0.390 e. The first-order valence-electron chi connectivity index (χ1n) is 7.78. The molecular formula is C16H21F2N3O2. The summed E-state index contributed by atoms with van der Waals surface area (Å²) in [7, 11) is 0. The lowest BCUT2D eigenvalue weighted by Gasteiger charge is -2.36. The van der Waals surface area contributed by atoms with Gasteiger partial charge in [-0.3, -0.25) is 4.90 Å². The number of β-amino-alcohol motifs (C(OH)–C–C–N with tert-alkyl or cyclic N) is 1. The molecule has 1 fully saturated rings. The Bertz CT molecular complexity index is 681. The highest BCUT2D eigenvalue weighted by Crippen LogP contribution is 2.18. The average Bonchev–Trinajstić information content (AvgIpc) is 2.80. The van der Waals surface area contributed by atoms with E-state index in [1.54, 1.807) is 4.57 Å². The van der Waals surface area contributed by atoms with Crippen LogP contribution >= 0.6 is 0 Å². The van der Waals surface area contributed by atoms with Crippen molar-refractivity contribution in [3.63, 3.8) is 0 Å². The minimum atomic E-state index is -0.917. The van der Waals surface area contributed by atoms with Crippen molar-refractivity contribution in [3.05, 3.63) is 30.1 Å². The summed E-state index contributed by atoms with van der Waals surface area (Å²) in [5.74, 6) is -1.83. The lowest BCUT2D eigenvalue weighted by atomic mass is 10.2. The molecule has 1 N–H and O–H groups in total. The van der Waals surface area contributed by atoms with Gasteiger partial charge >= 0.3 is 0 Å². The summed E-state index contributed by atoms with van der Waals surface area (Å²) >= 11 is 0. The first-order valence-corrected chi connectivity index (χ1v) is 7.78. The summed E-state index contributed by atoms with van der Waals surface area (Å²) in [4.78, 5) is 6.21. The molecule has 3 unspecified atom stereocenters. The molecule has 0 aliphatic carbocycles. The van der Waals surface area contributed by atoms with Gasteiger partial charge in [0, 0.05) is 31.8 Å². The molecule has 0 spiro atoms. The maximum absolute atomic E-state index is 13.4. The molecule has 1 aromatic carbocycles. The van der Waals surface area contributed by atoms with Crippen molar-refractivity contribution in [1.82, 2.24) is 14.5 Å². The van der Waals surface area contributed by atoms with E-state index in [9.17, 15) is 13.9 Å². The first kappa shape index (κ1) is 16.3. The van der Waals surface area contributed by atoms with Crippen molar-refractivity contribution in [3.8, 4) is 0 Å². The predicted octanol–water partition coefficient (Wildman–Crippen LogP) is 1.78. The molecule has 126 valence electrons. The van der Waals surface area contributed by atoms with E-state index in [4.69, 9.17) is 4.74 Å². The van der Waals surface area contributed by atoms with E-state index in [0.29, 0.717) is 17.6 Å².